The van der Waals surface area contributed by atoms with Gasteiger partial charge in [-0.15, -0.1) is 11.3 Å². The summed E-state index contributed by atoms with van der Waals surface area (Å²) in [7, 11) is -2.55. The first-order valence-corrected chi connectivity index (χ1v) is 8.80. The number of methoxy groups -OCH3 is 1. The van der Waals surface area contributed by atoms with Crippen LogP contribution in [0.4, 0.5) is 0 Å². The van der Waals surface area contributed by atoms with E-state index in [0.717, 1.165) is 43.4 Å². The number of nitrogens with one attached hydrogen (secondary N) is 1. The number of carbonyl (C=O) groups excluding carboxylic acids is 1. The van der Waals surface area contributed by atoms with Crippen molar-refractivity contribution in [3.05, 3.63) is 11.2 Å². The number of hydrogen-bond acceptors (Lipinski definition) is 6. The third-order valence-corrected chi connectivity index (χ3v) is 6.50. The maximum Gasteiger partial charge on any atom is 0.358 e. The standard InChI is InChI=1S/C12H18N2O4S2/c1-12(6-4-3-5-7-12)14-20(16,17)11-9(10(15)18-2)13-8-19-11/h8,14H,3-7H2,1-2H3. The van der Waals surface area contributed by atoms with Crippen molar-refractivity contribution in [2.45, 2.75) is 48.8 Å². The van der Waals surface area contributed by atoms with E-state index in [1.54, 1.807) is 0 Å². The maximum atomic E-state index is 12.5. The minimum atomic E-state index is -3.76. The third kappa shape index (κ3) is 3.18. The first kappa shape index (κ1) is 15.4. The summed E-state index contributed by atoms with van der Waals surface area (Å²) in [6.07, 6.45) is 4.75. The lowest BCUT2D eigenvalue weighted by Gasteiger charge is -2.33. The molecule has 1 aromatic rings. The molecule has 0 unspecified atom stereocenters. The monoisotopic (exact) mass is 318 g/mol. The van der Waals surface area contributed by atoms with Crippen molar-refractivity contribution in [1.29, 1.82) is 0 Å². The summed E-state index contributed by atoms with van der Waals surface area (Å²) in [6.45, 7) is 1.91. The predicted molar refractivity (Wildman–Crippen MR) is 75.3 cm³/mol. The molecule has 0 spiro atoms. The van der Waals surface area contributed by atoms with Gasteiger partial charge in [0, 0.05) is 5.54 Å². The van der Waals surface area contributed by atoms with E-state index in [1.807, 2.05) is 6.92 Å². The molecule has 0 saturated heterocycles. The van der Waals surface area contributed by atoms with Gasteiger partial charge in [0.1, 0.15) is 0 Å². The molecule has 20 heavy (non-hydrogen) atoms. The van der Waals surface area contributed by atoms with Gasteiger partial charge in [-0.2, -0.15) is 0 Å². The Bertz CT molecular complexity index is 588. The van der Waals surface area contributed by atoms with Crippen LogP contribution >= 0.6 is 11.3 Å². The summed E-state index contributed by atoms with van der Waals surface area (Å²) < 4.78 is 32.1. The summed E-state index contributed by atoms with van der Waals surface area (Å²) in [5.41, 5.74) is 0.739. The van der Waals surface area contributed by atoms with Crippen molar-refractivity contribution >= 4 is 27.3 Å². The smallest absolute Gasteiger partial charge is 0.358 e. The van der Waals surface area contributed by atoms with Crippen molar-refractivity contribution < 1.29 is 17.9 Å². The van der Waals surface area contributed by atoms with Gasteiger partial charge in [0.05, 0.1) is 12.6 Å². The average Bonchev–Trinajstić information content (AvgIpc) is 2.87. The molecule has 112 valence electrons. The molecule has 1 fully saturated rings. The van der Waals surface area contributed by atoms with E-state index in [2.05, 4.69) is 14.4 Å². The van der Waals surface area contributed by atoms with Crippen LogP contribution in [0.1, 0.15) is 49.5 Å². The van der Waals surface area contributed by atoms with Crippen molar-refractivity contribution in [1.82, 2.24) is 9.71 Å². The number of rotatable bonds is 4. The Morgan fingerprint density at radius 2 is 2.05 bits per heavy atom. The zero-order valence-electron chi connectivity index (χ0n) is 11.5. The van der Waals surface area contributed by atoms with E-state index >= 15 is 0 Å². The Kier molecular flexibility index (Phi) is 4.46. The van der Waals surface area contributed by atoms with Crippen LogP contribution < -0.4 is 4.72 Å². The first-order valence-electron chi connectivity index (χ1n) is 6.44. The number of esters is 1. The molecule has 1 heterocycles. The molecule has 0 aromatic carbocycles. The molecule has 0 amide bonds. The van der Waals surface area contributed by atoms with Crippen LogP contribution in [0.25, 0.3) is 0 Å². The van der Waals surface area contributed by atoms with Crippen LogP contribution in [0, 0.1) is 0 Å². The quantitative estimate of drug-likeness (QED) is 0.857. The van der Waals surface area contributed by atoms with Gasteiger partial charge in [0.15, 0.2) is 9.90 Å². The minimum Gasteiger partial charge on any atom is -0.464 e. The van der Waals surface area contributed by atoms with Gasteiger partial charge in [-0.05, 0) is 19.8 Å². The number of sulfonamides is 1. The van der Waals surface area contributed by atoms with E-state index in [9.17, 15) is 13.2 Å². The zero-order valence-corrected chi connectivity index (χ0v) is 13.1. The van der Waals surface area contributed by atoms with Crippen LogP contribution in [0.5, 0.6) is 0 Å². The summed E-state index contributed by atoms with van der Waals surface area (Å²) in [5, 5.41) is 0. The fourth-order valence-corrected chi connectivity index (χ4v) is 5.06. The van der Waals surface area contributed by atoms with E-state index < -0.39 is 21.5 Å². The molecule has 1 aliphatic rings. The average molecular weight is 318 g/mol. The van der Waals surface area contributed by atoms with Gasteiger partial charge in [-0.3, -0.25) is 0 Å². The van der Waals surface area contributed by atoms with Gasteiger partial charge in [0.2, 0.25) is 0 Å². The molecule has 1 N–H and O–H groups in total. The van der Waals surface area contributed by atoms with Gasteiger partial charge in [-0.25, -0.2) is 22.9 Å². The molecule has 0 bridgehead atoms. The van der Waals surface area contributed by atoms with Crippen molar-refractivity contribution in [2.24, 2.45) is 0 Å². The maximum absolute atomic E-state index is 12.5. The molecule has 6 nitrogen and oxygen atoms in total. The topological polar surface area (TPSA) is 85.4 Å². The van der Waals surface area contributed by atoms with Crippen molar-refractivity contribution in [2.75, 3.05) is 7.11 Å². The number of aromatic nitrogens is 1. The second-order valence-electron chi connectivity index (χ2n) is 5.21. The highest BCUT2D eigenvalue weighted by Gasteiger charge is 2.35. The number of nitrogens with zero attached hydrogens (tertiary/aromatic N) is 1. The van der Waals surface area contributed by atoms with Gasteiger partial charge >= 0.3 is 5.97 Å². The lowest BCUT2D eigenvalue weighted by atomic mass is 9.84. The Morgan fingerprint density at radius 1 is 1.40 bits per heavy atom. The molecule has 1 saturated carbocycles. The molecule has 0 radical (unpaired) electrons. The summed E-state index contributed by atoms with van der Waals surface area (Å²) in [4.78, 5) is 15.3. The van der Waals surface area contributed by atoms with Gasteiger partial charge < -0.3 is 4.74 Å². The molecule has 0 atom stereocenters. The van der Waals surface area contributed by atoms with Crippen LogP contribution in [0.15, 0.2) is 9.72 Å². The lowest BCUT2D eigenvalue weighted by molar-refractivity contribution is 0.0590. The van der Waals surface area contributed by atoms with Crippen LogP contribution in [0.2, 0.25) is 0 Å². The lowest BCUT2D eigenvalue weighted by Crippen LogP contribution is -2.47. The molecular formula is C12H18N2O4S2. The van der Waals surface area contributed by atoms with E-state index in [0.29, 0.717) is 0 Å². The Labute approximate surface area is 122 Å². The normalized spacial score (nSPS) is 18.7. The predicted octanol–water partition coefficient (Wildman–Crippen LogP) is 1.93. The molecule has 1 aromatic heterocycles. The Morgan fingerprint density at radius 3 is 2.65 bits per heavy atom. The fourth-order valence-electron chi connectivity index (χ4n) is 2.46. The zero-order chi connectivity index (χ0) is 14.8. The summed E-state index contributed by atoms with van der Waals surface area (Å²) >= 11 is 0.925. The van der Waals surface area contributed by atoms with E-state index in [1.165, 1.54) is 12.6 Å². The van der Waals surface area contributed by atoms with Crippen LogP contribution in [-0.4, -0.2) is 32.0 Å². The second-order valence-corrected chi connectivity index (χ2v) is 7.94. The summed E-state index contributed by atoms with van der Waals surface area (Å²) in [5.74, 6) is -0.736. The highest BCUT2D eigenvalue weighted by atomic mass is 32.2. The highest BCUT2D eigenvalue weighted by molar-refractivity contribution is 7.91. The van der Waals surface area contributed by atoms with E-state index in [-0.39, 0.29) is 9.90 Å². The van der Waals surface area contributed by atoms with Gasteiger partial charge in [-0.1, -0.05) is 19.3 Å². The number of hydrogen-bond donors (Lipinski definition) is 1. The SMILES string of the molecule is COC(=O)c1ncsc1S(=O)(=O)NC1(C)CCCCC1. The third-order valence-electron chi connectivity index (χ3n) is 3.50. The minimum absolute atomic E-state index is 0.0730. The molecule has 8 heteroatoms. The summed E-state index contributed by atoms with van der Waals surface area (Å²) in [6, 6.07) is 0. The molecular weight excluding hydrogens is 300 g/mol. The molecule has 1 aliphatic carbocycles. The first-order chi connectivity index (χ1) is 9.38. The largest absolute Gasteiger partial charge is 0.464 e. The van der Waals surface area contributed by atoms with Crippen molar-refractivity contribution in [3.8, 4) is 0 Å². The van der Waals surface area contributed by atoms with Crippen molar-refractivity contribution in [3.63, 3.8) is 0 Å². The Balaban J connectivity index is 2.27. The van der Waals surface area contributed by atoms with E-state index in [4.69, 9.17) is 0 Å². The van der Waals surface area contributed by atoms with Crippen LogP contribution in [-0.2, 0) is 14.8 Å². The number of carbonyl (C=O) groups is 1. The van der Waals surface area contributed by atoms with Gasteiger partial charge in [0.25, 0.3) is 10.0 Å². The molecule has 0 aliphatic heterocycles. The Hall–Kier alpha value is -0.990. The number of thiazole rings is 1. The number of ether oxygens (including phenoxy) is 1. The van der Waals surface area contributed by atoms with Crippen LogP contribution in [0.3, 0.4) is 0 Å². The fraction of sp³-hybridized carbons (Fsp3) is 0.667. The highest BCUT2D eigenvalue weighted by Crippen LogP contribution is 2.30. The second kappa shape index (κ2) is 5.79. The molecule has 2 rings (SSSR count).